The molecule has 1 aromatic heterocycles. The standard InChI is InChI=1S/C23H27N5O6/c24-9-8-16-10-26-18-2-1-3-19(22(16)18)34-23(32)33-14-28(13-21(31)27-11-20(25)30)12-15-4-6-17(29)7-5-15/h1-7,10,26,29H,8-9,11-14,24H2,(H2,25,30)(H,27,31). The number of carbonyl (C=O) groups excluding carboxylic acids is 3. The van der Waals surface area contributed by atoms with Crippen LogP contribution in [0, 0.1) is 0 Å². The molecule has 180 valence electrons. The first kappa shape index (κ1) is 24.6. The maximum absolute atomic E-state index is 12.4. The number of nitrogens with two attached hydrogens (primary N) is 2. The molecule has 0 unspecified atom stereocenters. The minimum atomic E-state index is -0.944. The van der Waals surface area contributed by atoms with E-state index in [0.29, 0.717) is 18.7 Å². The van der Waals surface area contributed by atoms with Gasteiger partial charge in [-0.25, -0.2) is 4.79 Å². The Morgan fingerprint density at radius 3 is 2.59 bits per heavy atom. The van der Waals surface area contributed by atoms with Gasteiger partial charge < -0.3 is 36.3 Å². The monoisotopic (exact) mass is 469 g/mol. The number of nitrogens with one attached hydrogen (secondary N) is 2. The van der Waals surface area contributed by atoms with Gasteiger partial charge in [-0.1, -0.05) is 18.2 Å². The quantitative estimate of drug-likeness (QED) is 0.157. The van der Waals surface area contributed by atoms with Crippen molar-refractivity contribution in [2.24, 2.45) is 11.5 Å². The lowest BCUT2D eigenvalue weighted by Gasteiger charge is -2.21. The number of primary amides is 1. The van der Waals surface area contributed by atoms with Gasteiger partial charge in [-0.15, -0.1) is 0 Å². The van der Waals surface area contributed by atoms with E-state index in [2.05, 4.69) is 10.3 Å². The molecule has 0 fully saturated rings. The molecular formula is C23H27N5O6. The molecule has 34 heavy (non-hydrogen) atoms. The topological polar surface area (TPSA) is 173 Å². The summed E-state index contributed by atoms with van der Waals surface area (Å²) in [6.45, 7) is -0.0695. The molecule has 11 nitrogen and oxygen atoms in total. The number of carbonyl (C=O) groups is 3. The summed E-state index contributed by atoms with van der Waals surface area (Å²) in [7, 11) is 0. The third-order valence-electron chi connectivity index (χ3n) is 4.89. The lowest BCUT2D eigenvalue weighted by molar-refractivity contribution is -0.126. The third-order valence-corrected chi connectivity index (χ3v) is 4.89. The normalized spacial score (nSPS) is 10.9. The SMILES string of the molecule is NCCc1c[nH]c2cccc(OC(=O)OCN(CC(=O)NCC(N)=O)Cc3ccc(O)cc3)c12. The van der Waals surface area contributed by atoms with E-state index >= 15 is 0 Å². The summed E-state index contributed by atoms with van der Waals surface area (Å²) >= 11 is 0. The van der Waals surface area contributed by atoms with Crippen LogP contribution in [0.5, 0.6) is 11.5 Å². The highest BCUT2D eigenvalue weighted by molar-refractivity contribution is 5.91. The Morgan fingerprint density at radius 2 is 1.88 bits per heavy atom. The fourth-order valence-electron chi connectivity index (χ4n) is 3.37. The number of ether oxygens (including phenoxy) is 2. The van der Waals surface area contributed by atoms with Crippen molar-refractivity contribution < 1.29 is 29.0 Å². The predicted molar refractivity (Wildman–Crippen MR) is 124 cm³/mol. The molecule has 11 heteroatoms. The number of hydrogen-bond acceptors (Lipinski definition) is 8. The average Bonchev–Trinajstić information content (AvgIpc) is 3.22. The van der Waals surface area contributed by atoms with Crippen molar-refractivity contribution in [1.29, 1.82) is 0 Å². The predicted octanol–water partition coefficient (Wildman–Crippen LogP) is 0.951. The number of amides is 2. The molecule has 0 aliphatic heterocycles. The van der Waals surface area contributed by atoms with Gasteiger partial charge in [-0.3, -0.25) is 14.5 Å². The molecule has 3 rings (SSSR count). The van der Waals surface area contributed by atoms with Crippen LogP contribution in [0.25, 0.3) is 10.9 Å². The van der Waals surface area contributed by atoms with Crippen LogP contribution >= 0.6 is 0 Å². The number of rotatable bonds is 11. The summed E-state index contributed by atoms with van der Waals surface area (Å²) in [6.07, 6.45) is 1.48. The number of aromatic hydroxyl groups is 1. The minimum absolute atomic E-state index is 0.0993. The Labute approximate surface area is 195 Å². The molecule has 0 radical (unpaired) electrons. The second-order valence-electron chi connectivity index (χ2n) is 7.55. The van der Waals surface area contributed by atoms with Crippen LogP contribution in [0.3, 0.4) is 0 Å². The Balaban J connectivity index is 1.66. The first-order valence-corrected chi connectivity index (χ1v) is 10.5. The van der Waals surface area contributed by atoms with Gasteiger partial charge in [0.15, 0.2) is 0 Å². The zero-order valence-corrected chi connectivity index (χ0v) is 18.5. The van der Waals surface area contributed by atoms with Crippen molar-refractivity contribution >= 4 is 28.9 Å². The van der Waals surface area contributed by atoms with Gasteiger partial charge in [0.1, 0.15) is 18.2 Å². The fraction of sp³-hybridized carbons (Fsp3) is 0.261. The summed E-state index contributed by atoms with van der Waals surface area (Å²) in [6, 6.07) is 11.6. The Bertz CT molecular complexity index is 1140. The van der Waals surface area contributed by atoms with Crippen molar-refractivity contribution in [1.82, 2.24) is 15.2 Å². The van der Waals surface area contributed by atoms with E-state index in [-0.39, 0.29) is 32.1 Å². The molecule has 0 aliphatic rings. The number of aromatic nitrogens is 1. The van der Waals surface area contributed by atoms with E-state index < -0.39 is 18.0 Å². The fourth-order valence-corrected chi connectivity index (χ4v) is 3.37. The smallest absolute Gasteiger partial charge is 0.508 e. The van der Waals surface area contributed by atoms with Crippen molar-refractivity contribution in [2.75, 3.05) is 26.4 Å². The first-order chi connectivity index (χ1) is 16.4. The second-order valence-corrected chi connectivity index (χ2v) is 7.55. The lowest BCUT2D eigenvalue weighted by Crippen LogP contribution is -2.41. The highest BCUT2D eigenvalue weighted by Gasteiger charge is 2.17. The van der Waals surface area contributed by atoms with Crippen molar-refractivity contribution in [2.45, 2.75) is 13.0 Å². The number of H-pyrrole nitrogens is 1. The molecular weight excluding hydrogens is 442 g/mol. The van der Waals surface area contributed by atoms with Crippen LogP contribution in [0.15, 0.2) is 48.7 Å². The molecule has 0 spiro atoms. The number of hydrogen-bond donors (Lipinski definition) is 5. The van der Waals surface area contributed by atoms with Crippen molar-refractivity contribution in [3.05, 3.63) is 59.8 Å². The zero-order valence-electron chi connectivity index (χ0n) is 18.5. The molecule has 0 bridgehead atoms. The number of phenols is 1. The maximum Gasteiger partial charge on any atom is 0.515 e. The lowest BCUT2D eigenvalue weighted by atomic mass is 10.1. The summed E-state index contributed by atoms with van der Waals surface area (Å²) in [5.41, 5.74) is 13.2. The number of nitrogens with zero attached hydrogens (tertiary/aromatic N) is 1. The minimum Gasteiger partial charge on any atom is -0.508 e. The number of benzene rings is 2. The second kappa shape index (κ2) is 11.7. The van der Waals surface area contributed by atoms with Gasteiger partial charge >= 0.3 is 6.16 Å². The van der Waals surface area contributed by atoms with Crippen LogP contribution in [-0.4, -0.2) is 59.3 Å². The molecule has 1 heterocycles. The van der Waals surface area contributed by atoms with Gasteiger partial charge in [0.2, 0.25) is 11.8 Å². The first-order valence-electron chi connectivity index (χ1n) is 10.5. The molecule has 3 aromatic rings. The molecule has 0 aliphatic carbocycles. The third kappa shape index (κ3) is 6.95. The molecule has 0 atom stereocenters. The van der Waals surface area contributed by atoms with Crippen molar-refractivity contribution in [3.63, 3.8) is 0 Å². The number of fused-ring (bicyclic) bond motifs is 1. The molecule has 7 N–H and O–H groups in total. The highest BCUT2D eigenvalue weighted by Crippen LogP contribution is 2.29. The maximum atomic E-state index is 12.4. The largest absolute Gasteiger partial charge is 0.515 e. The van der Waals surface area contributed by atoms with Crippen LogP contribution in [0.2, 0.25) is 0 Å². The molecule has 0 saturated heterocycles. The van der Waals surface area contributed by atoms with Crippen LogP contribution in [0.1, 0.15) is 11.1 Å². The van der Waals surface area contributed by atoms with Gasteiger partial charge in [-0.2, -0.15) is 0 Å². The van der Waals surface area contributed by atoms with Crippen LogP contribution in [0.4, 0.5) is 4.79 Å². The average molecular weight is 469 g/mol. The molecule has 2 amide bonds. The van der Waals surface area contributed by atoms with E-state index in [4.69, 9.17) is 20.9 Å². The summed E-state index contributed by atoms with van der Waals surface area (Å²) in [5.74, 6) is -0.719. The van der Waals surface area contributed by atoms with E-state index in [1.54, 1.807) is 24.3 Å². The Kier molecular flexibility index (Phi) is 8.43. The summed E-state index contributed by atoms with van der Waals surface area (Å²) in [4.78, 5) is 40.2. The van der Waals surface area contributed by atoms with Gasteiger partial charge in [0, 0.05) is 23.6 Å². The molecule has 2 aromatic carbocycles. The van der Waals surface area contributed by atoms with E-state index in [9.17, 15) is 19.5 Å². The van der Waals surface area contributed by atoms with Crippen LogP contribution < -0.4 is 21.5 Å². The summed E-state index contributed by atoms with van der Waals surface area (Å²) in [5, 5.41) is 12.6. The highest BCUT2D eigenvalue weighted by atomic mass is 16.7. The van der Waals surface area contributed by atoms with Gasteiger partial charge in [0.25, 0.3) is 0 Å². The van der Waals surface area contributed by atoms with Crippen molar-refractivity contribution in [3.8, 4) is 11.5 Å². The van der Waals surface area contributed by atoms with E-state index in [1.165, 1.54) is 17.0 Å². The Hall–Kier alpha value is -4.09. The van der Waals surface area contributed by atoms with Crippen LogP contribution in [-0.2, 0) is 27.3 Å². The summed E-state index contributed by atoms with van der Waals surface area (Å²) < 4.78 is 10.7. The Morgan fingerprint density at radius 1 is 1.12 bits per heavy atom. The number of aromatic amines is 1. The van der Waals surface area contributed by atoms with Gasteiger partial charge in [-0.05, 0) is 48.4 Å². The zero-order chi connectivity index (χ0) is 24.5. The number of phenolic OH excluding ortho intramolecular Hbond substituents is 1. The van der Waals surface area contributed by atoms with Gasteiger partial charge in [0.05, 0.1) is 13.1 Å². The van der Waals surface area contributed by atoms with E-state index in [0.717, 1.165) is 22.0 Å². The van der Waals surface area contributed by atoms with E-state index in [1.807, 2.05) is 12.3 Å². The molecule has 0 saturated carbocycles.